The maximum Gasteiger partial charge on any atom is 0.255 e. The van der Waals surface area contributed by atoms with Crippen molar-refractivity contribution < 1.29 is 28.5 Å². The van der Waals surface area contributed by atoms with Crippen LogP contribution in [0.5, 0.6) is 17.2 Å². The van der Waals surface area contributed by atoms with Crippen molar-refractivity contribution >= 4 is 11.8 Å². The number of nitrogens with two attached hydrogens (primary N) is 1. The molecule has 0 bridgehead atoms. The lowest BCUT2D eigenvalue weighted by Gasteiger charge is -2.37. The molecule has 0 aliphatic carbocycles. The van der Waals surface area contributed by atoms with Gasteiger partial charge in [-0.15, -0.1) is 0 Å². The first-order chi connectivity index (χ1) is 14.5. The average Bonchev–Trinajstić information content (AvgIpc) is 2.76. The minimum Gasteiger partial charge on any atom is -0.493 e. The van der Waals surface area contributed by atoms with Gasteiger partial charge in [0.15, 0.2) is 11.5 Å². The topological polar surface area (TPSA) is 112 Å². The molecule has 0 radical (unpaired) electrons. The van der Waals surface area contributed by atoms with Crippen LogP contribution in [-0.2, 0) is 9.53 Å². The molecule has 0 saturated carbocycles. The number of nitrogens with zero attached hydrogens (tertiary/aromatic N) is 1. The highest BCUT2D eigenvalue weighted by molar-refractivity contribution is 5.98. The summed E-state index contributed by atoms with van der Waals surface area (Å²) in [6.07, 6.45) is 2.05. The normalized spacial score (nSPS) is 21.1. The van der Waals surface area contributed by atoms with Crippen LogP contribution in [-0.4, -0.2) is 76.4 Å². The summed E-state index contributed by atoms with van der Waals surface area (Å²) in [6.45, 7) is 3.80. The molecule has 3 N–H and O–H groups in total. The average molecular weight is 421 g/mol. The van der Waals surface area contributed by atoms with Gasteiger partial charge in [0, 0.05) is 32.5 Å². The Bertz CT molecular complexity index is 757. The Hall–Kier alpha value is -2.52. The number of methoxy groups -OCH3 is 2. The van der Waals surface area contributed by atoms with Crippen LogP contribution in [0, 0.1) is 5.92 Å². The molecule has 1 unspecified atom stereocenters. The molecule has 0 aromatic heterocycles. The molecule has 1 aromatic rings. The summed E-state index contributed by atoms with van der Waals surface area (Å²) in [5.41, 5.74) is 5.65. The van der Waals surface area contributed by atoms with Gasteiger partial charge in [-0.25, -0.2) is 0 Å². The molecule has 1 fully saturated rings. The first kappa shape index (κ1) is 22.2. The van der Waals surface area contributed by atoms with Gasteiger partial charge in [-0.1, -0.05) is 0 Å². The van der Waals surface area contributed by atoms with E-state index in [-0.39, 0.29) is 23.8 Å². The van der Waals surface area contributed by atoms with Crippen LogP contribution in [0.1, 0.15) is 29.6 Å². The van der Waals surface area contributed by atoms with E-state index >= 15 is 0 Å². The Balaban J connectivity index is 1.56. The van der Waals surface area contributed by atoms with Gasteiger partial charge < -0.3 is 34.9 Å². The number of likely N-dealkylation sites (tertiary alicyclic amines) is 1. The largest absolute Gasteiger partial charge is 0.493 e. The number of fused-ring (bicyclic) bond motifs is 1. The number of carbonyl (C=O) groups excluding carboxylic acids is 2. The SMILES string of the molecule is COc1ccc(C(=O)NC[C@@H]2CCN(CCCC(N)=O)CC2OC)c2c1OCCO2. The molecule has 2 atom stereocenters. The maximum atomic E-state index is 12.8. The molecule has 2 heterocycles. The zero-order valence-electron chi connectivity index (χ0n) is 17.6. The molecular weight excluding hydrogens is 390 g/mol. The van der Waals surface area contributed by atoms with E-state index in [1.807, 2.05) is 0 Å². The lowest BCUT2D eigenvalue weighted by Crippen LogP contribution is -2.48. The maximum absolute atomic E-state index is 12.8. The van der Waals surface area contributed by atoms with Gasteiger partial charge in [0.05, 0.1) is 18.8 Å². The van der Waals surface area contributed by atoms with Crippen LogP contribution in [0.15, 0.2) is 12.1 Å². The van der Waals surface area contributed by atoms with E-state index in [1.54, 1.807) is 26.4 Å². The van der Waals surface area contributed by atoms with E-state index in [0.29, 0.717) is 49.0 Å². The van der Waals surface area contributed by atoms with E-state index in [4.69, 9.17) is 24.7 Å². The molecule has 3 rings (SSSR count). The third kappa shape index (κ3) is 5.34. The van der Waals surface area contributed by atoms with Crippen LogP contribution >= 0.6 is 0 Å². The highest BCUT2D eigenvalue weighted by Gasteiger charge is 2.30. The van der Waals surface area contributed by atoms with Crippen molar-refractivity contribution in [2.45, 2.75) is 25.4 Å². The number of benzene rings is 1. The molecule has 1 saturated heterocycles. The highest BCUT2D eigenvalue weighted by Crippen LogP contribution is 2.41. The van der Waals surface area contributed by atoms with Crippen LogP contribution in [0.25, 0.3) is 0 Å². The summed E-state index contributed by atoms with van der Waals surface area (Å²) in [7, 11) is 3.25. The van der Waals surface area contributed by atoms with Gasteiger partial charge in [0.1, 0.15) is 13.2 Å². The minimum absolute atomic E-state index is 0.0111. The van der Waals surface area contributed by atoms with Crippen LogP contribution in [0.3, 0.4) is 0 Å². The van der Waals surface area contributed by atoms with Crippen LogP contribution in [0.2, 0.25) is 0 Å². The number of rotatable bonds is 9. The van der Waals surface area contributed by atoms with Crippen molar-refractivity contribution in [1.29, 1.82) is 0 Å². The lowest BCUT2D eigenvalue weighted by atomic mass is 9.93. The van der Waals surface area contributed by atoms with Crippen LogP contribution < -0.4 is 25.3 Å². The zero-order valence-corrected chi connectivity index (χ0v) is 17.6. The van der Waals surface area contributed by atoms with Gasteiger partial charge in [-0.3, -0.25) is 9.59 Å². The number of piperidine rings is 1. The summed E-state index contributed by atoms with van der Waals surface area (Å²) >= 11 is 0. The molecule has 0 spiro atoms. The van der Waals surface area contributed by atoms with E-state index in [9.17, 15) is 9.59 Å². The predicted molar refractivity (Wildman–Crippen MR) is 110 cm³/mol. The van der Waals surface area contributed by atoms with Crippen LogP contribution in [0.4, 0.5) is 0 Å². The summed E-state index contributed by atoms with van der Waals surface area (Å²) in [6, 6.07) is 3.40. The fraction of sp³-hybridized carbons (Fsp3) is 0.619. The zero-order chi connectivity index (χ0) is 21.5. The molecule has 9 heteroatoms. The summed E-state index contributed by atoms with van der Waals surface area (Å²) in [5, 5.41) is 3.02. The highest BCUT2D eigenvalue weighted by atomic mass is 16.6. The van der Waals surface area contributed by atoms with Crippen molar-refractivity contribution in [3.63, 3.8) is 0 Å². The second kappa shape index (κ2) is 10.5. The molecular formula is C21H31N3O6. The van der Waals surface area contributed by atoms with Crippen molar-refractivity contribution in [2.24, 2.45) is 11.7 Å². The standard InChI is InChI=1S/C21H31N3O6/c1-27-16-6-5-15(19-20(16)30-11-10-29-19)21(26)23-12-14-7-9-24(13-17(14)28-2)8-3-4-18(22)25/h5-6,14,17H,3-4,7-13H2,1-2H3,(H2,22,25)(H,23,26)/t14-,17?/m0/s1. The predicted octanol–water partition coefficient (Wildman–Crippen LogP) is 0.799. The number of nitrogens with one attached hydrogen (secondary N) is 1. The quantitative estimate of drug-likeness (QED) is 0.606. The first-order valence-electron chi connectivity index (χ1n) is 10.3. The summed E-state index contributed by atoms with van der Waals surface area (Å²) < 4.78 is 22.3. The Morgan fingerprint density at radius 3 is 2.70 bits per heavy atom. The number of hydrogen-bond donors (Lipinski definition) is 2. The third-order valence-electron chi connectivity index (χ3n) is 5.62. The van der Waals surface area contributed by atoms with Gasteiger partial charge in [-0.05, 0) is 38.1 Å². The van der Waals surface area contributed by atoms with Crippen molar-refractivity contribution in [2.75, 3.05) is 53.6 Å². The van der Waals surface area contributed by atoms with Gasteiger partial charge in [0.25, 0.3) is 5.91 Å². The number of carbonyl (C=O) groups is 2. The Labute approximate surface area is 176 Å². The molecule has 166 valence electrons. The monoisotopic (exact) mass is 421 g/mol. The van der Waals surface area contributed by atoms with Crippen molar-refractivity contribution in [3.05, 3.63) is 17.7 Å². The van der Waals surface area contributed by atoms with Gasteiger partial charge >= 0.3 is 0 Å². The Kier molecular flexibility index (Phi) is 7.75. The van der Waals surface area contributed by atoms with Gasteiger partial charge in [0.2, 0.25) is 11.7 Å². The summed E-state index contributed by atoms with van der Waals surface area (Å²) in [5.74, 6) is 1.16. The second-order valence-electron chi connectivity index (χ2n) is 7.57. The van der Waals surface area contributed by atoms with Crippen molar-refractivity contribution in [3.8, 4) is 17.2 Å². The molecule has 2 amide bonds. The molecule has 30 heavy (non-hydrogen) atoms. The fourth-order valence-corrected chi connectivity index (χ4v) is 3.98. The number of amides is 2. The van der Waals surface area contributed by atoms with Gasteiger partial charge in [-0.2, -0.15) is 0 Å². The van der Waals surface area contributed by atoms with E-state index < -0.39 is 0 Å². The lowest BCUT2D eigenvalue weighted by molar-refractivity contribution is -0.118. The fourth-order valence-electron chi connectivity index (χ4n) is 3.98. The third-order valence-corrected chi connectivity index (χ3v) is 5.62. The molecule has 2 aliphatic rings. The first-order valence-corrected chi connectivity index (χ1v) is 10.3. The molecule has 9 nitrogen and oxygen atoms in total. The minimum atomic E-state index is -0.272. The Morgan fingerprint density at radius 1 is 1.23 bits per heavy atom. The van der Waals surface area contributed by atoms with E-state index in [2.05, 4.69) is 10.2 Å². The molecule has 1 aromatic carbocycles. The second-order valence-corrected chi connectivity index (χ2v) is 7.57. The molecule has 2 aliphatic heterocycles. The number of primary amides is 1. The van der Waals surface area contributed by atoms with E-state index in [0.717, 1.165) is 32.5 Å². The number of hydrogen-bond acceptors (Lipinski definition) is 7. The smallest absolute Gasteiger partial charge is 0.255 e. The number of ether oxygens (including phenoxy) is 4. The summed E-state index contributed by atoms with van der Waals surface area (Å²) in [4.78, 5) is 26.0. The Morgan fingerprint density at radius 2 is 2.00 bits per heavy atom. The van der Waals surface area contributed by atoms with Crippen molar-refractivity contribution in [1.82, 2.24) is 10.2 Å². The van der Waals surface area contributed by atoms with E-state index in [1.165, 1.54) is 0 Å².